The lowest BCUT2D eigenvalue weighted by Crippen LogP contribution is -2.46. The first-order valence-corrected chi connectivity index (χ1v) is 4.27. The number of nitrogens with zero attached hydrogens (tertiary/aromatic N) is 1. The van der Waals surface area contributed by atoms with Crippen molar-refractivity contribution in [3.63, 3.8) is 0 Å². The smallest absolute Gasteiger partial charge is 0.298 e. The van der Waals surface area contributed by atoms with Crippen LogP contribution in [-0.4, -0.2) is 29.9 Å². The van der Waals surface area contributed by atoms with Gasteiger partial charge >= 0.3 is 0 Å². The molecule has 0 aromatic carbocycles. The molecule has 0 aromatic rings. The van der Waals surface area contributed by atoms with Crippen molar-refractivity contribution in [3.05, 3.63) is 0 Å². The van der Waals surface area contributed by atoms with Crippen molar-refractivity contribution in [3.8, 4) is 12.3 Å². The van der Waals surface area contributed by atoms with Gasteiger partial charge in [-0.3, -0.25) is 4.79 Å². The average Bonchev–Trinajstić information content (AvgIpc) is 2.16. The zero-order valence-electron chi connectivity index (χ0n) is 7.12. The van der Waals surface area contributed by atoms with E-state index in [0.717, 1.165) is 25.8 Å². The highest BCUT2D eigenvalue weighted by Gasteiger charge is 2.23. The molecule has 2 N–H and O–H groups in total. The van der Waals surface area contributed by atoms with Crippen LogP contribution < -0.4 is 5.73 Å². The molecule has 1 amide bonds. The molecule has 1 atom stereocenters. The van der Waals surface area contributed by atoms with E-state index in [0.29, 0.717) is 6.54 Å². The number of hydrogen-bond donors (Lipinski definition) is 1. The van der Waals surface area contributed by atoms with Gasteiger partial charge in [-0.2, -0.15) is 0 Å². The topological polar surface area (TPSA) is 46.3 Å². The summed E-state index contributed by atoms with van der Waals surface area (Å²) in [5.74, 6) is 1.91. The molecule has 0 saturated carbocycles. The van der Waals surface area contributed by atoms with Crippen LogP contribution in [-0.2, 0) is 4.79 Å². The second-order valence-electron chi connectivity index (χ2n) is 3.03. The van der Waals surface area contributed by atoms with Gasteiger partial charge in [0, 0.05) is 19.1 Å². The maximum atomic E-state index is 11.2. The second-order valence-corrected chi connectivity index (χ2v) is 3.03. The number of piperidine rings is 1. The number of carbonyl (C=O) groups excluding carboxylic acids is 1. The Balaban J connectivity index is 2.60. The first kappa shape index (κ1) is 9.08. The minimum atomic E-state index is -0.217. The number of likely N-dealkylation sites (tertiary alicyclic amines) is 1. The number of rotatable bonds is 1. The molecule has 0 bridgehead atoms. The molecule has 0 aliphatic carbocycles. The molecule has 0 radical (unpaired) electrons. The molecule has 0 aromatic heterocycles. The number of carbonyl (C=O) groups is 1. The standard InChI is InChI=1S/C9H14N2O/c1-2-9(12)11-6-4-3-5-8(11)7-10/h1,8H,3-7,10H2. The van der Waals surface area contributed by atoms with Crippen molar-refractivity contribution >= 4 is 5.91 Å². The normalized spacial score (nSPS) is 23.3. The van der Waals surface area contributed by atoms with Crippen molar-refractivity contribution in [1.29, 1.82) is 0 Å². The summed E-state index contributed by atoms with van der Waals surface area (Å²) in [6.45, 7) is 1.29. The summed E-state index contributed by atoms with van der Waals surface area (Å²) in [5, 5.41) is 0. The number of nitrogens with two attached hydrogens (primary N) is 1. The van der Waals surface area contributed by atoms with Crippen LogP contribution in [0.25, 0.3) is 0 Å². The van der Waals surface area contributed by atoms with Gasteiger partial charge < -0.3 is 10.6 Å². The van der Waals surface area contributed by atoms with Crippen LogP contribution >= 0.6 is 0 Å². The van der Waals surface area contributed by atoms with E-state index in [1.165, 1.54) is 0 Å². The summed E-state index contributed by atoms with van der Waals surface area (Å²) in [6, 6.07) is 0.169. The third-order valence-electron chi connectivity index (χ3n) is 2.28. The molecule has 3 heteroatoms. The molecule has 1 rings (SSSR count). The SMILES string of the molecule is C#CC(=O)N1CCCCC1CN. The molecule has 1 aliphatic rings. The van der Waals surface area contributed by atoms with Gasteiger partial charge in [0.15, 0.2) is 0 Å². The lowest BCUT2D eigenvalue weighted by atomic mass is 10.0. The number of hydrogen-bond acceptors (Lipinski definition) is 2. The molecule has 3 nitrogen and oxygen atoms in total. The predicted molar refractivity (Wildman–Crippen MR) is 47.2 cm³/mol. The maximum absolute atomic E-state index is 11.2. The second kappa shape index (κ2) is 4.13. The van der Waals surface area contributed by atoms with E-state index in [1.54, 1.807) is 4.90 Å². The fourth-order valence-corrected chi connectivity index (χ4v) is 1.60. The van der Waals surface area contributed by atoms with Crippen LogP contribution in [0, 0.1) is 12.3 Å². The van der Waals surface area contributed by atoms with Crippen molar-refractivity contribution in [2.75, 3.05) is 13.1 Å². The van der Waals surface area contributed by atoms with Gasteiger partial charge in [0.05, 0.1) is 0 Å². The first-order valence-electron chi connectivity index (χ1n) is 4.27. The first-order chi connectivity index (χ1) is 5.79. The van der Waals surface area contributed by atoms with Gasteiger partial charge in [0.2, 0.25) is 0 Å². The average molecular weight is 166 g/mol. The van der Waals surface area contributed by atoms with Gasteiger partial charge in [-0.05, 0) is 25.2 Å². The van der Waals surface area contributed by atoms with E-state index >= 15 is 0 Å². The Morgan fingerprint density at radius 2 is 2.42 bits per heavy atom. The monoisotopic (exact) mass is 166 g/mol. The van der Waals surface area contributed by atoms with Gasteiger partial charge in [-0.25, -0.2) is 0 Å². The molecule has 1 unspecified atom stereocenters. The van der Waals surface area contributed by atoms with E-state index in [2.05, 4.69) is 5.92 Å². The largest absolute Gasteiger partial charge is 0.328 e. The zero-order chi connectivity index (χ0) is 8.97. The molecule has 66 valence electrons. The fourth-order valence-electron chi connectivity index (χ4n) is 1.60. The molecular formula is C9H14N2O. The highest BCUT2D eigenvalue weighted by molar-refractivity contribution is 5.93. The van der Waals surface area contributed by atoms with Gasteiger partial charge in [0.1, 0.15) is 0 Å². The summed E-state index contributed by atoms with van der Waals surface area (Å²) in [5.41, 5.74) is 5.52. The number of terminal acetylenes is 1. The minimum absolute atomic E-state index is 0.169. The lowest BCUT2D eigenvalue weighted by molar-refractivity contribution is -0.128. The molecule has 1 saturated heterocycles. The zero-order valence-corrected chi connectivity index (χ0v) is 7.12. The van der Waals surface area contributed by atoms with Crippen LogP contribution in [0.4, 0.5) is 0 Å². The van der Waals surface area contributed by atoms with Crippen molar-refractivity contribution < 1.29 is 4.79 Å². The van der Waals surface area contributed by atoms with Crippen LogP contribution in [0.15, 0.2) is 0 Å². The Kier molecular flexibility index (Phi) is 3.12. The summed E-state index contributed by atoms with van der Waals surface area (Å²) in [4.78, 5) is 12.9. The van der Waals surface area contributed by atoms with Crippen LogP contribution in [0.3, 0.4) is 0 Å². The lowest BCUT2D eigenvalue weighted by Gasteiger charge is -2.33. The molecule has 12 heavy (non-hydrogen) atoms. The number of amides is 1. The van der Waals surface area contributed by atoms with Crippen molar-refractivity contribution in [1.82, 2.24) is 4.90 Å². The summed E-state index contributed by atoms with van der Waals surface area (Å²) < 4.78 is 0. The third-order valence-corrected chi connectivity index (χ3v) is 2.28. The molecule has 1 fully saturated rings. The van der Waals surface area contributed by atoms with Gasteiger partial charge in [0.25, 0.3) is 5.91 Å². The summed E-state index contributed by atoms with van der Waals surface area (Å²) in [6.07, 6.45) is 8.22. The summed E-state index contributed by atoms with van der Waals surface area (Å²) >= 11 is 0. The van der Waals surface area contributed by atoms with Gasteiger partial charge in [-0.15, -0.1) is 6.42 Å². The van der Waals surface area contributed by atoms with Crippen molar-refractivity contribution in [2.24, 2.45) is 5.73 Å². The van der Waals surface area contributed by atoms with Crippen LogP contribution in [0.1, 0.15) is 19.3 Å². The molecule has 0 spiro atoms. The van der Waals surface area contributed by atoms with E-state index < -0.39 is 0 Å². The van der Waals surface area contributed by atoms with Gasteiger partial charge in [-0.1, -0.05) is 0 Å². The van der Waals surface area contributed by atoms with E-state index in [9.17, 15) is 4.79 Å². The van der Waals surface area contributed by atoms with Crippen molar-refractivity contribution in [2.45, 2.75) is 25.3 Å². The Hall–Kier alpha value is -1.01. The highest BCUT2D eigenvalue weighted by Crippen LogP contribution is 2.15. The maximum Gasteiger partial charge on any atom is 0.298 e. The Bertz CT molecular complexity index is 207. The van der Waals surface area contributed by atoms with E-state index in [4.69, 9.17) is 12.2 Å². The predicted octanol–water partition coefficient (Wildman–Crippen LogP) is -0.0406. The Labute approximate surface area is 72.9 Å². The quantitative estimate of drug-likeness (QED) is 0.555. The van der Waals surface area contributed by atoms with Crippen LogP contribution in [0.5, 0.6) is 0 Å². The summed E-state index contributed by atoms with van der Waals surface area (Å²) in [7, 11) is 0. The van der Waals surface area contributed by atoms with E-state index in [-0.39, 0.29) is 11.9 Å². The van der Waals surface area contributed by atoms with E-state index in [1.807, 2.05) is 0 Å². The minimum Gasteiger partial charge on any atom is -0.328 e. The molecule has 1 heterocycles. The molecular weight excluding hydrogens is 152 g/mol. The fraction of sp³-hybridized carbons (Fsp3) is 0.667. The Morgan fingerprint density at radius 3 is 3.00 bits per heavy atom. The third kappa shape index (κ3) is 1.77. The Morgan fingerprint density at radius 1 is 1.67 bits per heavy atom. The molecule has 1 aliphatic heterocycles. The highest BCUT2D eigenvalue weighted by atomic mass is 16.2. The van der Waals surface area contributed by atoms with Crippen LogP contribution in [0.2, 0.25) is 0 Å².